The minimum atomic E-state index is -0.828. The van der Waals surface area contributed by atoms with Gasteiger partial charge in [-0.1, -0.05) is 0 Å². The summed E-state index contributed by atoms with van der Waals surface area (Å²) in [7, 11) is 0. The summed E-state index contributed by atoms with van der Waals surface area (Å²) in [6.45, 7) is 4.71. The summed E-state index contributed by atoms with van der Waals surface area (Å²) in [6.07, 6.45) is 0. The fourth-order valence-corrected chi connectivity index (χ4v) is 3.00. The van der Waals surface area contributed by atoms with Gasteiger partial charge >= 0.3 is 29.5 Å². The molecule has 0 saturated carbocycles. The second-order valence-corrected chi connectivity index (χ2v) is 6.82. The Morgan fingerprint density at radius 1 is 0.667 bits per heavy atom. The molecule has 33 heavy (non-hydrogen) atoms. The Morgan fingerprint density at radius 3 is 1.85 bits per heavy atom. The molecule has 2 aromatic carbocycles. The standard InChI is InChI=1S/C23H18O10/c1-11(24)29-17-7-16-9-19(33-23(28)22(16)21(10-17)32-14(4)27)15-5-6-18(30-12(2)25)20(8-15)31-13(3)26/h5-10H,1-4H3. The van der Waals surface area contributed by atoms with E-state index in [0.29, 0.717) is 5.56 Å². The summed E-state index contributed by atoms with van der Waals surface area (Å²) in [4.78, 5) is 58.4. The molecule has 0 aliphatic carbocycles. The number of hydrogen-bond donors (Lipinski definition) is 0. The molecule has 0 unspecified atom stereocenters. The van der Waals surface area contributed by atoms with Crippen LogP contribution in [0.5, 0.6) is 23.0 Å². The summed E-state index contributed by atoms with van der Waals surface area (Å²) in [5, 5.41) is 0.218. The van der Waals surface area contributed by atoms with Crippen molar-refractivity contribution in [1.82, 2.24) is 0 Å². The maximum absolute atomic E-state index is 12.8. The molecule has 3 aromatic rings. The van der Waals surface area contributed by atoms with Crippen molar-refractivity contribution < 1.29 is 42.5 Å². The molecule has 0 aliphatic rings. The molecule has 0 N–H and O–H groups in total. The van der Waals surface area contributed by atoms with Crippen molar-refractivity contribution in [3.05, 3.63) is 46.8 Å². The van der Waals surface area contributed by atoms with Crippen molar-refractivity contribution in [2.45, 2.75) is 27.7 Å². The first-order valence-electron chi connectivity index (χ1n) is 9.53. The quantitative estimate of drug-likeness (QED) is 0.418. The highest BCUT2D eigenvalue weighted by molar-refractivity contribution is 5.93. The van der Waals surface area contributed by atoms with Gasteiger partial charge in [-0.25, -0.2) is 4.79 Å². The summed E-state index contributed by atoms with van der Waals surface area (Å²) < 4.78 is 25.7. The van der Waals surface area contributed by atoms with Crippen LogP contribution in [0.25, 0.3) is 22.1 Å². The van der Waals surface area contributed by atoms with Crippen molar-refractivity contribution in [3.63, 3.8) is 0 Å². The van der Waals surface area contributed by atoms with E-state index in [0.717, 1.165) is 6.92 Å². The highest BCUT2D eigenvalue weighted by atomic mass is 16.6. The largest absolute Gasteiger partial charge is 0.427 e. The van der Waals surface area contributed by atoms with Gasteiger partial charge in [-0.05, 0) is 30.3 Å². The monoisotopic (exact) mass is 454 g/mol. The third-order valence-electron chi connectivity index (χ3n) is 4.05. The number of ether oxygens (including phenoxy) is 4. The van der Waals surface area contributed by atoms with E-state index < -0.39 is 29.5 Å². The van der Waals surface area contributed by atoms with Gasteiger partial charge in [-0.2, -0.15) is 0 Å². The number of fused-ring (bicyclic) bond motifs is 1. The third-order valence-corrected chi connectivity index (χ3v) is 4.05. The van der Waals surface area contributed by atoms with Crippen molar-refractivity contribution in [2.24, 2.45) is 0 Å². The zero-order chi connectivity index (χ0) is 24.3. The van der Waals surface area contributed by atoms with Crippen LogP contribution < -0.4 is 24.6 Å². The predicted octanol–water partition coefficient (Wildman–Crippen LogP) is 3.16. The van der Waals surface area contributed by atoms with Gasteiger partial charge < -0.3 is 23.4 Å². The van der Waals surface area contributed by atoms with E-state index >= 15 is 0 Å². The number of hydrogen-bond acceptors (Lipinski definition) is 10. The Kier molecular flexibility index (Phi) is 6.57. The lowest BCUT2D eigenvalue weighted by molar-refractivity contribution is -0.134. The lowest BCUT2D eigenvalue weighted by atomic mass is 10.1. The molecule has 10 heteroatoms. The van der Waals surface area contributed by atoms with Gasteiger partial charge in [0, 0.05) is 44.7 Å². The first kappa shape index (κ1) is 23.2. The molecule has 0 atom stereocenters. The van der Waals surface area contributed by atoms with Crippen molar-refractivity contribution >= 4 is 34.6 Å². The summed E-state index contributed by atoms with van der Waals surface area (Å²) in [5.74, 6) is -2.67. The first-order chi connectivity index (χ1) is 15.5. The Balaban J connectivity index is 2.20. The molecule has 1 heterocycles. The minimum absolute atomic E-state index is 0.00104. The number of esters is 4. The predicted molar refractivity (Wildman–Crippen MR) is 113 cm³/mol. The van der Waals surface area contributed by atoms with Gasteiger partial charge in [0.1, 0.15) is 22.6 Å². The van der Waals surface area contributed by atoms with Crippen LogP contribution in [0.2, 0.25) is 0 Å². The highest BCUT2D eigenvalue weighted by Gasteiger charge is 2.18. The van der Waals surface area contributed by atoms with Crippen LogP contribution in [0, 0.1) is 0 Å². The summed E-state index contributed by atoms with van der Waals surface area (Å²) in [5.41, 5.74) is -0.515. The Morgan fingerprint density at radius 2 is 1.24 bits per heavy atom. The van der Waals surface area contributed by atoms with Gasteiger partial charge in [-0.15, -0.1) is 0 Å². The molecule has 3 rings (SSSR count). The Bertz CT molecular complexity index is 1350. The number of carbonyl (C=O) groups is 4. The molecule has 0 radical (unpaired) electrons. The Hall–Kier alpha value is -4.47. The van der Waals surface area contributed by atoms with E-state index in [2.05, 4.69) is 0 Å². The van der Waals surface area contributed by atoms with Crippen LogP contribution >= 0.6 is 0 Å². The highest BCUT2D eigenvalue weighted by Crippen LogP contribution is 2.36. The van der Waals surface area contributed by atoms with E-state index in [4.69, 9.17) is 23.4 Å². The van der Waals surface area contributed by atoms with E-state index in [1.807, 2.05) is 0 Å². The molecular formula is C23H18O10. The fourth-order valence-electron chi connectivity index (χ4n) is 3.00. The summed E-state index contributed by atoms with van der Waals surface area (Å²) >= 11 is 0. The van der Waals surface area contributed by atoms with Gasteiger partial charge in [-0.3, -0.25) is 19.2 Å². The van der Waals surface area contributed by atoms with Crippen LogP contribution in [0.15, 0.2) is 45.6 Å². The Labute approximate surface area is 186 Å². The third kappa shape index (κ3) is 5.62. The second-order valence-electron chi connectivity index (χ2n) is 6.82. The minimum Gasteiger partial charge on any atom is -0.427 e. The lowest BCUT2D eigenvalue weighted by Crippen LogP contribution is -2.09. The van der Waals surface area contributed by atoms with Crippen LogP contribution in [0.4, 0.5) is 0 Å². The zero-order valence-corrected chi connectivity index (χ0v) is 18.0. The van der Waals surface area contributed by atoms with E-state index in [1.54, 1.807) is 0 Å². The molecule has 0 spiro atoms. The maximum Gasteiger partial charge on any atom is 0.347 e. The maximum atomic E-state index is 12.8. The van der Waals surface area contributed by atoms with Crippen LogP contribution in [-0.4, -0.2) is 23.9 Å². The molecule has 0 saturated heterocycles. The SMILES string of the molecule is CC(=O)Oc1cc(OC(C)=O)c2c(=O)oc(-c3ccc(OC(C)=O)c(OC(C)=O)c3)cc2c1. The molecule has 170 valence electrons. The molecule has 1 aromatic heterocycles. The second kappa shape index (κ2) is 9.35. The van der Waals surface area contributed by atoms with E-state index in [9.17, 15) is 24.0 Å². The average Bonchev–Trinajstić information content (AvgIpc) is 2.67. The van der Waals surface area contributed by atoms with Gasteiger partial charge in [0.15, 0.2) is 11.5 Å². The van der Waals surface area contributed by atoms with Crippen molar-refractivity contribution in [2.75, 3.05) is 0 Å². The zero-order valence-electron chi connectivity index (χ0n) is 18.0. The number of rotatable bonds is 5. The number of carbonyl (C=O) groups excluding carboxylic acids is 4. The number of benzene rings is 2. The molecule has 10 nitrogen and oxygen atoms in total. The van der Waals surface area contributed by atoms with Crippen LogP contribution in [0.1, 0.15) is 27.7 Å². The molecule has 0 aliphatic heterocycles. The smallest absolute Gasteiger partial charge is 0.347 e. The topological polar surface area (TPSA) is 135 Å². The normalized spacial score (nSPS) is 10.4. The fraction of sp³-hybridized carbons (Fsp3) is 0.174. The first-order valence-corrected chi connectivity index (χ1v) is 9.53. The van der Waals surface area contributed by atoms with Gasteiger partial charge in [0.25, 0.3) is 0 Å². The molecule has 0 amide bonds. The van der Waals surface area contributed by atoms with Crippen molar-refractivity contribution in [1.29, 1.82) is 0 Å². The molecule has 0 fully saturated rings. The van der Waals surface area contributed by atoms with Gasteiger partial charge in [0.2, 0.25) is 0 Å². The van der Waals surface area contributed by atoms with E-state index in [1.165, 1.54) is 57.2 Å². The lowest BCUT2D eigenvalue weighted by Gasteiger charge is -2.12. The van der Waals surface area contributed by atoms with Crippen molar-refractivity contribution in [3.8, 4) is 34.3 Å². The van der Waals surface area contributed by atoms with Gasteiger partial charge in [0.05, 0.1) is 0 Å². The molecular weight excluding hydrogens is 436 g/mol. The molecule has 0 bridgehead atoms. The van der Waals surface area contributed by atoms with Crippen LogP contribution in [-0.2, 0) is 19.2 Å². The average molecular weight is 454 g/mol. The summed E-state index contributed by atoms with van der Waals surface area (Å²) in [6, 6.07) is 8.30. The van der Waals surface area contributed by atoms with Crippen LogP contribution in [0.3, 0.4) is 0 Å². The van der Waals surface area contributed by atoms with E-state index in [-0.39, 0.29) is 39.5 Å².